The van der Waals surface area contributed by atoms with Crippen LogP contribution in [0.4, 0.5) is 0 Å². The predicted octanol–water partition coefficient (Wildman–Crippen LogP) is 0.982. The van der Waals surface area contributed by atoms with Crippen LogP contribution in [0.5, 0.6) is 0 Å². The van der Waals surface area contributed by atoms with Gasteiger partial charge in [-0.1, -0.05) is 0 Å². The average molecular weight is 208 g/mol. The third kappa shape index (κ3) is 1.89. The van der Waals surface area contributed by atoms with Gasteiger partial charge in [-0.25, -0.2) is 0 Å². The van der Waals surface area contributed by atoms with Gasteiger partial charge < -0.3 is 10.6 Å². The molecule has 3 rings (SSSR count). The molecule has 0 aromatic rings. The van der Waals surface area contributed by atoms with Gasteiger partial charge in [0.1, 0.15) is 0 Å². The van der Waals surface area contributed by atoms with Crippen molar-refractivity contribution in [2.45, 2.75) is 38.1 Å². The lowest BCUT2D eigenvalue weighted by atomic mass is 9.97. The highest BCUT2D eigenvalue weighted by Gasteiger charge is 2.43. The first-order valence-corrected chi connectivity index (χ1v) is 6.30. The maximum absolute atomic E-state index is 11.7. The fourth-order valence-corrected chi connectivity index (χ4v) is 2.93. The molecule has 15 heavy (non-hydrogen) atoms. The largest absolute Gasteiger partial charge is 0.341 e. The van der Waals surface area contributed by atoms with E-state index in [4.69, 9.17) is 5.73 Å². The van der Waals surface area contributed by atoms with E-state index in [1.165, 1.54) is 25.7 Å². The lowest BCUT2D eigenvalue weighted by molar-refractivity contribution is -0.129. The molecule has 84 valence electrons. The molecule has 1 atom stereocenters. The van der Waals surface area contributed by atoms with Gasteiger partial charge in [-0.05, 0) is 49.9 Å². The second kappa shape index (κ2) is 3.48. The lowest BCUT2D eigenvalue weighted by Gasteiger charge is -2.23. The second-order valence-electron chi connectivity index (χ2n) is 5.52. The van der Waals surface area contributed by atoms with E-state index < -0.39 is 0 Å². The summed E-state index contributed by atoms with van der Waals surface area (Å²) in [7, 11) is 0. The third-order valence-corrected chi connectivity index (χ3v) is 4.23. The van der Waals surface area contributed by atoms with Crippen molar-refractivity contribution in [3.63, 3.8) is 0 Å². The highest BCUT2D eigenvalue weighted by Crippen LogP contribution is 2.49. The molecular weight excluding hydrogens is 188 g/mol. The molecule has 1 saturated heterocycles. The Hall–Kier alpha value is -0.570. The molecule has 1 aliphatic heterocycles. The third-order valence-electron chi connectivity index (χ3n) is 4.23. The van der Waals surface area contributed by atoms with E-state index in [0.29, 0.717) is 0 Å². The summed E-state index contributed by atoms with van der Waals surface area (Å²) in [6, 6.07) is -0.205. The summed E-state index contributed by atoms with van der Waals surface area (Å²) in [5.41, 5.74) is 5.74. The Morgan fingerprint density at radius 1 is 1.20 bits per heavy atom. The number of nitrogens with two attached hydrogens (primary N) is 1. The van der Waals surface area contributed by atoms with Crippen LogP contribution >= 0.6 is 0 Å². The molecule has 0 radical (unpaired) electrons. The number of carbonyl (C=O) groups is 1. The predicted molar refractivity (Wildman–Crippen MR) is 58.1 cm³/mol. The topological polar surface area (TPSA) is 46.3 Å². The van der Waals surface area contributed by atoms with Gasteiger partial charge >= 0.3 is 0 Å². The monoisotopic (exact) mass is 208 g/mol. The molecule has 1 unspecified atom stereocenters. The Balaban J connectivity index is 1.60. The number of carbonyl (C=O) groups excluding carboxylic acids is 1. The molecule has 2 aliphatic carbocycles. The maximum Gasteiger partial charge on any atom is 0.239 e. The molecule has 0 spiro atoms. The molecule has 1 amide bonds. The van der Waals surface area contributed by atoms with Crippen LogP contribution in [0.3, 0.4) is 0 Å². The van der Waals surface area contributed by atoms with Crippen molar-refractivity contribution in [3.8, 4) is 0 Å². The molecule has 2 saturated carbocycles. The molecule has 0 aromatic heterocycles. The fraction of sp³-hybridized carbons (Fsp3) is 0.917. The molecule has 3 heteroatoms. The zero-order valence-corrected chi connectivity index (χ0v) is 9.19. The summed E-state index contributed by atoms with van der Waals surface area (Å²) in [6.07, 6.45) is 6.45. The van der Waals surface area contributed by atoms with E-state index in [0.717, 1.165) is 37.3 Å². The van der Waals surface area contributed by atoms with Crippen molar-refractivity contribution in [2.75, 3.05) is 13.1 Å². The molecule has 1 heterocycles. The number of hydrogen-bond acceptors (Lipinski definition) is 2. The molecule has 3 aliphatic rings. The molecular formula is C12H20N2O. The second-order valence-corrected chi connectivity index (χ2v) is 5.52. The Bertz CT molecular complexity index is 259. The van der Waals surface area contributed by atoms with Gasteiger partial charge in [-0.3, -0.25) is 4.79 Å². The Kier molecular flexibility index (Phi) is 2.23. The van der Waals surface area contributed by atoms with E-state index >= 15 is 0 Å². The van der Waals surface area contributed by atoms with E-state index in [1.807, 2.05) is 4.90 Å². The Labute approximate surface area is 91.0 Å². The first-order valence-electron chi connectivity index (χ1n) is 6.30. The van der Waals surface area contributed by atoms with Gasteiger partial charge in [0.2, 0.25) is 5.91 Å². The van der Waals surface area contributed by atoms with Crippen molar-refractivity contribution in [3.05, 3.63) is 0 Å². The van der Waals surface area contributed by atoms with Crippen molar-refractivity contribution in [1.82, 2.24) is 4.90 Å². The van der Waals surface area contributed by atoms with E-state index in [2.05, 4.69) is 0 Å². The summed E-state index contributed by atoms with van der Waals surface area (Å²) in [4.78, 5) is 13.7. The van der Waals surface area contributed by atoms with Gasteiger partial charge in [0.15, 0.2) is 0 Å². The summed E-state index contributed by atoms with van der Waals surface area (Å²) >= 11 is 0. The SMILES string of the molecule is NC1CCN(CC(C2CC2)C2CC2)C1=O. The normalized spacial score (nSPS) is 31.7. The minimum absolute atomic E-state index is 0.196. The smallest absolute Gasteiger partial charge is 0.239 e. The zero-order valence-electron chi connectivity index (χ0n) is 9.19. The zero-order chi connectivity index (χ0) is 10.4. The highest BCUT2D eigenvalue weighted by molar-refractivity contribution is 5.83. The van der Waals surface area contributed by atoms with Crippen LogP contribution in [-0.2, 0) is 4.79 Å². The standard InChI is InChI=1S/C12H20N2O/c13-11-5-6-14(12(11)15)7-10(8-1-2-8)9-3-4-9/h8-11H,1-7,13H2. The quantitative estimate of drug-likeness (QED) is 0.748. The molecule has 0 aromatic carbocycles. The molecule has 3 nitrogen and oxygen atoms in total. The summed E-state index contributed by atoms with van der Waals surface area (Å²) in [5.74, 6) is 2.87. The van der Waals surface area contributed by atoms with Gasteiger partial charge in [-0.2, -0.15) is 0 Å². The van der Waals surface area contributed by atoms with Gasteiger partial charge in [0.25, 0.3) is 0 Å². The van der Waals surface area contributed by atoms with Crippen molar-refractivity contribution < 1.29 is 4.79 Å². The van der Waals surface area contributed by atoms with Crippen LogP contribution in [0, 0.1) is 17.8 Å². The minimum atomic E-state index is -0.205. The summed E-state index contributed by atoms with van der Waals surface area (Å²) < 4.78 is 0. The minimum Gasteiger partial charge on any atom is -0.341 e. The first kappa shape index (κ1) is 9.64. The average Bonchev–Trinajstić information content (AvgIpc) is 3.11. The number of likely N-dealkylation sites (tertiary alicyclic amines) is 1. The van der Waals surface area contributed by atoms with Crippen LogP contribution in [0.2, 0.25) is 0 Å². The molecule has 2 N–H and O–H groups in total. The van der Waals surface area contributed by atoms with Crippen LogP contribution in [0.15, 0.2) is 0 Å². The number of nitrogens with zero attached hydrogens (tertiary/aromatic N) is 1. The number of amides is 1. The van der Waals surface area contributed by atoms with Crippen molar-refractivity contribution >= 4 is 5.91 Å². The lowest BCUT2D eigenvalue weighted by Crippen LogP contribution is -2.37. The Morgan fingerprint density at radius 2 is 1.80 bits per heavy atom. The van der Waals surface area contributed by atoms with E-state index in [9.17, 15) is 4.79 Å². The highest BCUT2D eigenvalue weighted by atomic mass is 16.2. The Morgan fingerprint density at radius 3 is 2.20 bits per heavy atom. The molecule has 3 fully saturated rings. The summed E-state index contributed by atoms with van der Waals surface area (Å²) in [5, 5.41) is 0. The fourth-order valence-electron chi connectivity index (χ4n) is 2.93. The van der Waals surface area contributed by atoms with Gasteiger partial charge in [0, 0.05) is 13.1 Å². The van der Waals surface area contributed by atoms with E-state index in [1.54, 1.807) is 0 Å². The van der Waals surface area contributed by atoms with Gasteiger partial charge in [-0.15, -0.1) is 0 Å². The van der Waals surface area contributed by atoms with Crippen molar-refractivity contribution in [1.29, 1.82) is 0 Å². The van der Waals surface area contributed by atoms with Gasteiger partial charge in [0.05, 0.1) is 6.04 Å². The first-order chi connectivity index (χ1) is 7.25. The number of rotatable bonds is 4. The molecule has 0 bridgehead atoms. The van der Waals surface area contributed by atoms with Crippen LogP contribution in [0.25, 0.3) is 0 Å². The van der Waals surface area contributed by atoms with Crippen LogP contribution in [0.1, 0.15) is 32.1 Å². The van der Waals surface area contributed by atoms with E-state index in [-0.39, 0.29) is 11.9 Å². The maximum atomic E-state index is 11.7. The van der Waals surface area contributed by atoms with Crippen LogP contribution in [-0.4, -0.2) is 29.9 Å². The number of hydrogen-bond donors (Lipinski definition) is 1. The van der Waals surface area contributed by atoms with Crippen molar-refractivity contribution in [2.24, 2.45) is 23.5 Å². The summed E-state index contributed by atoms with van der Waals surface area (Å²) in [6.45, 7) is 1.90. The van der Waals surface area contributed by atoms with Crippen LogP contribution < -0.4 is 5.73 Å².